The average molecular weight is 303 g/mol. The molecule has 0 bridgehead atoms. The minimum absolute atomic E-state index is 0.543. The van der Waals surface area contributed by atoms with Crippen LogP contribution in [0.2, 0.25) is 0 Å². The van der Waals surface area contributed by atoms with E-state index >= 15 is 0 Å². The van der Waals surface area contributed by atoms with E-state index in [1.54, 1.807) is 0 Å². The van der Waals surface area contributed by atoms with Gasteiger partial charge in [0.2, 0.25) is 0 Å². The van der Waals surface area contributed by atoms with Gasteiger partial charge >= 0.3 is 0 Å². The molecule has 0 aliphatic heterocycles. The lowest BCUT2D eigenvalue weighted by Gasteiger charge is -2.13. The van der Waals surface area contributed by atoms with Crippen LogP contribution in [-0.4, -0.2) is 0 Å². The van der Waals surface area contributed by atoms with Crippen LogP contribution in [0.4, 0.5) is 0 Å². The summed E-state index contributed by atoms with van der Waals surface area (Å²) < 4.78 is 6.06. The highest BCUT2D eigenvalue weighted by molar-refractivity contribution is 5.71. The van der Waals surface area contributed by atoms with E-state index in [1.165, 1.54) is 5.56 Å². The van der Waals surface area contributed by atoms with Crippen LogP contribution in [0.15, 0.2) is 72.8 Å². The van der Waals surface area contributed by atoms with Crippen molar-refractivity contribution in [2.24, 2.45) is 5.73 Å². The van der Waals surface area contributed by atoms with Crippen LogP contribution in [-0.2, 0) is 13.2 Å². The minimum Gasteiger partial charge on any atom is -0.488 e. The van der Waals surface area contributed by atoms with E-state index in [0.29, 0.717) is 13.2 Å². The fourth-order valence-electron chi connectivity index (χ4n) is 2.70. The molecule has 23 heavy (non-hydrogen) atoms. The molecule has 2 nitrogen and oxygen atoms in total. The summed E-state index contributed by atoms with van der Waals surface area (Å²) in [6, 6.07) is 24.8. The standard InChI is InChI=1S/C21H21NO/c1-16-11-18(14-22)13-19(12-16)20-9-5-6-10-21(20)23-15-17-7-3-2-4-8-17/h2-13H,14-15,22H2,1H3. The zero-order valence-electron chi connectivity index (χ0n) is 13.3. The van der Waals surface area contributed by atoms with E-state index < -0.39 is 0 Å². The molecule has 0 fully saturated rings. The summed E-state index contributed by atoms with van der Waals surface area (Å²) in [5.74, 6) is 0.893. The number of benzene rings is 3. The summed E-state index contributed by atoms with van der Waals surface area (Å²) in [4.78, 5) is 0. The first-order valence-corrected chi connectivity index (χ1v) is 7.83. The molecule has 0 heterocycles. The number of hydrogen-bond donors (Lipinski definition) is 1. The Bertz CT molecular complexity index is 781. The van der Waals surface area contributed by atoms with Crippen LogP contribution in [0.1, 0.15) is 16.7 Å². The first-order valence-electron chi connectivity index (χ1n) is 7.83. The fraction of sp³-hybridized carbons (Fsp3) is 0.143. The van der Waals surface area contributed by atoms with Gasteiger partial charge in [-0.25, -0.2) is 0 Å². The molecule has 0 saturated heterocycles. The van der Waals surface area contributed by atoms with E-state index in [2.05, 4.69) is 43.3 Å². The highest BCUT2D eigenvalue weighted by Gasteiger charge is 2.07. The Morgan fingerprint density at radius 1 is 0.826 bits per heavy atom. The lowest BCUT2D eigenvalue weighted by molar-refractivity contribution is 0.307. The number of para-hydroxylation sites is 1. The second-order valence-corrected chi connectivity index (χ2v) is 5.68. The third kappa shape index (κ3) is 3.79. The van der Waals surface area contributed by atoms with Gasteiger partial charge in [-0.15, -0.1) is 0 Å². The van der Waals surface area contributed by atoms with Gasteiger partial charge in [0.25, 0.3) is 0 Å². The Balaban J connectivity index is 1.90. The largest absolute Gasteiger partial charge is 0.488 e. The molecular weight excluding hydrogens is 282 g/mol. The van der Waals surface area contributed by atoms with Gasteiger partial charge in [0.15, 0.2) is 0 Å². The Hall–Kier alpha value is -2.58. The monoisotopic (exact) mass is 303 g/mol. The van der Waals surface area contributed by atoms with Gasteiger partial charge in [-0.05, 0) is 35.7 Å². The smallest absolute Gasteiger partial charge is 0.127 e. The van der Waals surface area contributed by atoms with Gasteiger partial charge < -0.3 is 10.5 Å². The third-order valence-electron chi connectivity index (χ3n) is 3.81. The predicted molar refractivity (Wildman–Crippen MR) is 95.3 cm³/mol. The molecule has 0 amide bonds. The van der Waals surface area contributed by atoms with Crippen molar-refractivity contribution in [3.8, 4) is 16.9 Å². The fourth-order valence-corrected chi connectivity index (χ4v) is 2.70. The van der Waals surface area contributed by atoms with E-state index in [-0.39, 0.29) is 0 Å². The zero-order chi connectivity index (χ0) is 16.1. The average Bonchev–Trinajstić information content (AvgIpc) is 2.60. The van der Waals surface area contributed by atoms with Crippen LogP contribution in [0.25, 0.3) is 11.1 Å². The van der Waals surface area contributed by atoms with Gasteiger partial charge in [-0.3, -0.25) is 0 Å². The van der Waals surface area contributed by atoms with Crippen LogP contribution in [0.3, 0.4) is 0 Å². The maximum Gasteiger partial charge on any atom is 0.127 e. The molecule has 116 valence electrons. The quantitative estimate of drug-likeness (QED) is 0.741. The van der Waals surface area contributed by atoms with Crippen molar-refractivity contribution in [2.75, 3.05) is 0 Å². The van der Waals surface area contributed by atoms with Crippen molar-refractivity contribution in [1.82, 2.24) is 0 Å². The minimum atomic E-state index is 0.543. The topological polar surface area (TPSA) is 35.2 Å². The molecule has 3 aromatic carbocycles. The van der Waals surface area contributed by atoms with Crippen molar-refractivity contribution < 1.29 is 4.74 Å². The first kappa shape index (κ1) is 15.3. The lowest BCUT2D eigenvalue weighted by Crippen LogP contribution is -1.99. The molecule has 0 saturated carbocycles. The van der Waals surface area contributed by atoms with Gasteiger partial charge in [0, 0.05) is 12.1 Å². The Morgan fingerprint density at radius 2 is 1.57 bits per heavy atom. The molecule has 0 unspecified atom stereocenters. The molecule has 0 aliphatic rings. The van der Waals surface area contributed by atoms with E-state index in [4.69, 9.17) is 10.5 Å². The van der Waals surface area contributed by atoms with Gasteiger partial charge in [0.05, 0.1) is 0 Å². The number of nitrogens with two attached hydrogens (primary N) is 1. The highest BCUT2D eigenvalue weighted by atomic mass is 16.5. The van der Waals surface area contributed by atoms with E-state index in [1.807, 2.05) is 36.4 Å². The first-order chi connectivity index (χ1) is 11.3. The van der Waals surface area contributed by atoms with E-state index in [9.17, 15) is 0 Å². The van der Waals surface area contributed by atoms with Crippen molar-refractivity contribution in [2.45, 2.75) is 20.1 Å². The normalized spacial score (nSPS) is 10.5. The van der Waals surface area contributed by atoms with Crippen molar-refractivity contribution in [3.05, 3.63) is 89.5 Å². The molecule has 2 N–H and O–H groups in total. The molecule has 2 heteroatoms. The predicted octanol–water partition coefficient (Wildman–Crippen LogP) is 4.70. The van der Waals surface area contributed by atoms with Crippen LogP contribution >= 0.6 is 0 Å². The molecule has 0 atom stereocenters. The Morgan fingerprint density at radius 3 is 2.35 bits per heavy atom. The second-order valence-electron chi connectivity index (χ2n) is 5.68. The lowest BCUT2D eigenvalue weighted by atomic mass is 9.99. The maximum atomic E-state index is 6.06. The van der Waals surface area contributed by atoms with Crippen molar-refractivity contribution >= 4 is 0 Å². The van der Waals surface area contributed by atoms with Gasteiger partial charge in [-0.2, -0.15) is 0 Å². The Kier molecular flexibility index (Phi) is 4.74. The highest BCUT2D eigenvalue weighted by Crippen LogP contribution is 2.31. The summed E-state index contributed by atoms with van der Waals surface area (Å²) in [5, 5.41) is 0. The summed E-state index contributed by atoms with van der Waals surface area (Å²) >= 11 is 0. The number of ether oxygens (including phenoxy) is 1. The molecule has 0 radical (unpaired) electrons. The third-order valence-corrected chi connectivity index (χ3v) is 3.81. The number of hydrogen-bond acceptors (Lipinski definition) is 2. The Labute approximate surface area is 137 Å². The SMILES string of the molecule is Cc1cc(CN)cc(-c2ccccc2OCc2ccccc2)c1. The molecule has 0 aromatic heterocycles. The molecule has 3 rings (SSSR count). The number of aryl methyl sites for hydroxylation is 1. The van der Waals surface area contributed by atoms with Crippen LogP contribution < -0.4 is 10.5 Å². The summed E-state index contributed by atoms with van der Waals surface area (Å²) in [6.07, 6.45) is 0. The van der Waals surface area contributed by atoms with Crippen molar-refractivity contribution in [3.63, 3.8) is 0 Å². The molecule has 0 spiro atoms. The van der Waals surface area contributed by atoms with E-state index in [0.717, 1.165) is 28.0 Å². The summed E-state index contributed by atoms with van der Waals surface area (Å²) in [6.45, 7) is 3.20. The van der Waals surface area contributed by atoms with Gasteiger partial charge in [0.1, 0.15) is 12.4 Å². The number of rotatable bonds is 5. The zero-order valence-corrected chi connectivity index (χ0v) is 13.3. The second kappa shape index (κ2) is 7.12. The molecule has 3 aromatic rings. The van der Waals surface area contributed by atoms with Crippen molar-refractivity contribution in [1.29, 1.82) is 0 Å². The summed E-state index contributed by atoms with van der Waals surface area (Å²) in [5.41, 5.74) is 11.6. The maximum absolute atomic E-state index is 6.06. The molecular formula is C21H21NO. The van der Waals surface area contributed by atoms with Crippen LogP contribution in [0.5, 0.6) is 5.75 Å². The summed E-state index contributed by atoms with van der Waals surface area (Å²) in [7, 11) is 0. The van der Waals surface area contributed by atoms with Crippen LogP contribution in [0, 0.1) is 6.92 Å². The molecule has 0 aliphatic carbocycles. The van der Waals surface area contributed by atoms with Gasteiger partial charge in [-0.1, -0.05) is 66.2 Å².